The molecule has 2 atom stereocenters. The minimum absolute atomic E-state index is 0.0442. The quantitative estimate of drug-likeness (QED) is 0.734. The molecule has 4 heteroatoms. The van der Waals surface area contributed by atoms with Gasteiger partial charge in [0.05, 0.1) is 4.90 Å². The maximum Gasteiger partial charge on any atom is 0.243 e. The lowest BCUT2D eigenvalue weighted by Crippen LogP contribution is -2.41. The van der Waals surface area contributed by atoms with E-state index in [-0.39, 0.29) is 6.04 Å². The number of sulfonamides is 1. The van der Waals surface area contributed by atoms with Gasteiger partial charge in [-0.25, -0.2) is 8.42 Å². The fourth-order valence-corrected chi connectivity index (χ4v) is 6.04. The smallest absolute Gasteiger partial charge is 0.207 e. The predicted octanol–water partition coefficient (Wildman–Crippen LogP) is 4.70. The summed E-state index contributed by atoms with van der Waals surface area (Å²) >= 11 is 0. The van der Waals surface area contributed by atoms with Crippen LogP contribution >= 0.6 is 0 Å². The van der Waals surface area contributed by atoms with Crippen LogP contribution in [0.3, 0.4) is 0 Å². The second kappa shape index (κ2) is 7.08. The van der Waals surface area contributed by atoms with Crippen molar-refractivity contribution in [2.45, 2.75) is 57.9 Å². The standard InChI is InChI=1S/C21H29NO2S/c1-15(2)21-19-9-7-5-6-8-17(4)20(19)14-22(21)25(23,24)18-12-10-16(3)11-13-18/h5-6,10-13,15,19,21H,7-9,14H2,1-4H3/b6-5-,20-17-/t19-,21+/m0/s1. The van der Waals surface area contributed by atoms with Crippen molar-refractivity contribution in [1.82, 2.24) is 4.31 Å². The Balaban J connectivity index is 2.04. The van der Waals surface area contributed by atoms with E-state index in [0.717, 1.165) is 24.8 Å². The van der Waals surface area contributed by atoms with Gasteiger partial charge in [0.1, 0.15) is 0 Å². The van der Waals surface area contributed by atoms with Gasteiger partial charge >= 0.3 is 0 Å². The summed E-state index contributed by atoms with van der Waals surface area (Å²) in [4.78, 5) is 0.411. The maximum absolute atomic E-state index is 13.4. The summed E-state index contributed by atoms with van der Waals surface area (Å²) in [7, 11) is -3.48. The molecule has 1 fully saturated rings. The first-order valence-corrected chi connectivity index (χ1v) is 10.7. The number of fused-ring (bicyclic) bond motifs is 1. The Morgan fingerprint density at radius 1 is 1.08 bits per heavy atom. The molecule has 3 nitrogen and oxygen atoms in total. The summed E-state index contributed by atoms with van der Waals surface area (Å²) in [5.41, 5.74) is 3.76. The van der Waals surface area contributed by atoms with E-state index in [1.54, 1.807) is 16.4 Å². The van der Waals surface area contributed by atoms with Crippen molar-refractivity contribution in [2.24, 2.45) is 11.8 Å². The molecule has 1 heterocycles. The maximum atomic E-state index is 13.4. The molecule has 136 valence electrons. The molecule has 25 heavy (non-hydrogen) atoms. The minimum atomic E-state index is -3.48. The highest BCUT2D eigenvalue weighted by molar-refractivity contribution is 7.89. The number of hydrogen-bond acceptors (Lipinski definition) is 2. The molecule has 0 saturated carbocycles. The molecule has 2 aliphatic rings. The van der Waals surface area contributed by atoms with E-state index in [4.69, 9.17) is 0 Å². The van der Waals surface area contributed by atoms with Gasteiger partial charge in [0.2, 0.25) is 10.0 Å². The third-order valence-electron chi connectivity index (χ3n) is 5.61. The summed E-state index contributed by atoms with van der Waals surface area (Å²) in [6.07, 6.45) is 7.47. The molecular weight excluding hydrogens is 330 g/mol. The van der Waals surface area contributed by atoms with Crippen LogP contribution in [-0.4, -0.2) is 25.3 Å². The molecular formula is C21H29NO2S. The average molecular weight is 360 g/mol. The second-order valence-electron chi connectivity index (χ2n) is 7.76. The number of rotatable bonds is 3. The fraction of sp³-hybridized carbons (Fsp3) is 0.524. The van der Waals surface area contributed by atoms with E-state index in [1.165, 1.54) is 11.1 Å². The van der Waals surface area contributed by atoms with Crippen molar-refractivity contribution in [2.75, 3.05) is 6.54 Å². The lowest BCUT2D eigenvalue weighted by molar-refractivity contribution is 0.261. The molecule has 1 aromatic carbocycles. The van der Waals surface area contributed by atoms with Crippen LogP contribution in [0.1, 0.15) is 45.6 Å². The molecule has 1 saturated heterocycles. The van der Waals surface area contributed by atoms with Crippen LogP contribution in [-0.2, 0) is 10.0 Å². The Labute approximate surface area is 152 Å². The molecule has 0 aromatic heterocycles. The molecule has 0 spiro atoms. The number of aryl methyl sites for hydroxylation is 1. The van der Waals surface area contributed by atoms with E-state index in [1.807, 2.05) is 19.1 Å². The Hall–Kier alpha value is -1.39. The van der Waals surface area contributed by atoms with Crippen LogP contribution in [0.2, 0.25) is 0 Å². The number of hydrogen-bond donors (Lipinski definition) is 0. The lowest BCUT2D eigenvalue weighted by atomic mass is 9.82. The third kappa shape index (κ3) is 3.47. The van der Waals surface area contributed by atoms with E-state index in [2.05, 4.69) is 32.9 Å². The van der Waals surface area contributed by atoms with Crippen LogP contribution in [0.25, 0.3) is 0 Å². The molecule has 0 bridgehead atoms. The summed E-state index contributed by atoms with van der Waals surface area (Å²) in [5.74, 6) is 0.629. The first kappa shape index (κ1) is 18.4. The zero-order valence-electron chi connectivity index (χ0n) is 15.7. The molecule has 1 aliphatic heterocycles. The molecule has 1 aliphatic carbocycles. The van der Waals surface area contributed by atoms with Gasteiger partial charge in [-0.1, -0.05) is 54.8 Å². The summed E-state index contributed by atoms with van der Waals surface area (Å²) < 4.78 is 28.5. The van der Waals surface area contributed by atoms with Crippen molar-refractivity contribution in [3.63, 3.8) is 0 Å². The Morgan fingerprint density at radius 3 is 2.40 bits per heavy atom. The molecule has 3 rings (SSSR count). The van der Waals surface area contributed by atoms with Gasteiger partial charge in [0, 0.05) is 12.6 Å². The largest absolute Gasteiger partial charge is 0.243 e. The monoisotopic (exact) mass is 359 g/mol. The minimum Gasteiger partial charge on any atom is -0.207 e. The number of nitrogens with zero attached hydrogens (tertiary/aromatic N) is 1. The van der Waals surface area contributed by atoms with Gasteiger partial charge < -0.3 is 0 Å². The van der Waals surface area contributed by atoms with Crippen LogP contribution in [0.4, 0.5) is 0 Å². The zero-order valence-corrected chi connectivity index (χ0v) is 16.5. The Kier molecular flexibility index (Phi) is 5.21. The number of benzene rings is 1. The van der Waals surface area contributed by atoms with E-state index in [9.17, 15) is 8.42 Å². The van der Waals surface area contributed by atoms with Gasteiger partial charge in [-0.3, -0.25) is 0 Å². The van der Waals surface area contributed by atoms with E-state index in [0.29, 0.717) is 23.3 Å². The summed E-state index contributed by atoms with van der Waals surface area (Å²) in [5, 5.41) is 0. The molecule has 0 unspecified atom stereocenters. The van der Waals surface area contributed by atoms with Gasteiger partial charge in [-0.05, 0) is 57.1 Å². The van der Waals surface area contributed by atoms with Crippen molar-refractivity contribution in [3.05, 3.63) is 53.1 Å². The Morgan fingerprint density at radius 2 is 1.76 bits per heavy atom. The number of allylic oxidation sites excluding steroid dienone is 3. The van der Waals surface area contributed by atoms with Crippen molar-refractivity contribution >= 4 is 10.0 Å². The van der Waals surface area contributed by atoms with Gasteiger partial charge in [-0.15, -0.1) is 0 Å². The molecule has 0 amide bonds. The molecule has 0 radical (unpaired) electrons. The fourth-order valence-electron chi connectivity index (χ4n) is 4.27. The van der Waals surface area contributed by atoms with Crippen LogP contribution < -0.4 is 0 Å². The highest BCUT2D eigenvalue weighted by Crippen LogP contribution is 2.42. The van der Waals surface area contributed by atoms with Crippen LogP contribution in [0.15, 0.2) is 52.5 Å². The highest BCUT2D eigenvalue weighted by atomic mass is 32.2. The second-order valence-corrected chi connectivity index (χ2v) is 9.65. The lowest BCUT2D eigenvalue weighted by Gasteiger charge is -2.31. The predicted molar refractivity (Wildman–Crippen MR) is 103 cm³/mol. The SMILES string of the molecule is C/C1=C2\CN(S(=O)(=O)c3ccc(C)cc3)[C@H](C(C)C)[C@H]2CC/C=C\C1. The van der Waals surface area contributed by atoms with Gasteiger partial charge in [0.15, 0.2) is 0 Å². The zero-order chi connectivity index (χ0) is 18.2. The van der Waals surface area contributed by atoms with E-state index < -0.39 is 10.0 Å². The van der Waals surface area contributed by atoms with Crippen molar-refractivity contribution in [1.29, 1.82) is 0 Å². The van der Waals surface area contributed by atoms with Crippen molar-refractivity contribution < 1.29 is 8.42 Å². The first-order chi connectivity index (χ1) is 11.8. The Bertz CT molecular complexity index is 788. The van der Waals surface area contributed by atoms with Gasteiger partial charge in [0.25, 0.3) is 0 Å². The summed E-state index contributed by atoms with van der Waals surface area (Å²) in [6, 6.07) is 7.29. The summed E-state index contributed by atoms with van der Waals surface area (Å²) in [6.45, 7) is 8.98. The van der Waals surface area contributed by atoms with E-state index >= 15 is 0 Å². The van der Waals surface area contributed by atoms with Crippen molar-refractivity contribution in [3.8, 4) is 0 Å². The topological polar surface area (TPSA) is 37.4 Å². The van der Waals surface area contributed by atoms with Gasteiger partial charge in [-0.2, -0.15) is 4.31 Å². The van der Waals surface area contributed by atoms with Crippen LogP contribution in [0, 0.1) is 18.8 Å². The first-order valence-electron chi connectivity index (χ1n) is 9.24. The average Bonchev–Trinajstić information content (AvgIpc) is 2.93. The molecule has 1 aromatic rings. The van der Waals surface area contributed by atoms with Crippen LogP contribution in [0.5, 0.6) is 0 Å². The normalized spacial score (nSPS) is 29.3. The molecule has 0 N–H and O–H groups in total. The highest BCUT2D eigenvalue weighted by Gasteiger charge is 2.45. The third-order valence-corrected chi connectivity index (χ3v) is 7.47.